The van der Waals surface area contributed by atoms with E-state index in [0.29, 0.717) is 0 Å². The maximum Gasteiger partial charge on any atom is 0.494 e. The fourth-order valence-corrected chi connectivity index (χ4v) is 1.93. The van der Waals surface area contributed by atoms with Crippen molar-refractivity contribution in [2.24, 2.45) is 0 Å². The Balaban J connectivity index is 2.27. The van der Waals surface area contributed by atoms with Gasteiger partial charge in [0.2, 0.25) is 0 Å². The molecule has 18 heavy (non-hydrogen) atoms. The van der Waals surface area contributed by atoms with Crippen LogP contribution in [0.4, 0.5) is 5.69 Å². The largest absolute Gasteiger partial charge is 0.494 e. The molecule has 4 heteroatoms. The molecule has 98 valence electrons. The lowest BCUT2D eigenvalue weighted by atomic mass is 9.79. The zero-order valence-electron chi connectivity index (χ0n) is 12.2. The zero-order chi connectivity index (χ0) is 13.6. The van der Waals surface area contributed by atoms with Gasteiger partial charge in [-0.1, -0.05) is 12.1 Å². The molecule has 0 unspecified atom stereocenters. The monoisotopic (exact) mass is 247 g/mol. The Morgan fingerprint density at radius 3 is 2.06 bits per heavy atom. The normalized spacial score (nSPS) is 21.1. The standard InChI is InChI=1S/C14H22BNO2/c1-13(2)14(3,4)18-15(17-13)11-8-7-9-12(10-11)16(5)6/h7-10H,1-6H3. The summed E-state index contributed by atoms with van der Waals surface area (Å²) in [6.45, 7) is 8.29. The summed E-state index contributed by atoms with van der Waals surface area (Å²) in [5, 5.41) is 0. The molecule has 0 amide bonds. The topological polar surface area (TPSA) is 21.7 Å². The van der Waals surface area contributed by atoms with Gasteiger partial charge in [0, 0.05) is 19.8 Å². The fraction of sp³-hybridized carbons (Fsp3) is 0.571. The molecular weight excluding hydrogens is 225 g/mol. The van der Waals surface area contributed by atoms with Crippen molar-refractivity contribution in [1.29, 1.82) is 0 Å². The van der Waals surface area contributed by atoms with E-state index < -0.39 is 0 Å². The molecule has 0 bridgehead atoms. The van der Waals surface area contributed by atoms with E-state index in [9.17, 15) is 0 Å². The molecule has 0 saturated carbocycles. The first-order chi connectivity index (χ1) is 8.23. The van der Waals surface area contributed by atoms with Crippen LogP contribution < -0.4 is 10.4 Å². The molecule has 1 aliphatic rings. The summed E-state index contributed by atoms with van der Waals surface area (Å²) in [7, 11) is 3.78. The highest BCUT2D eigenvalue weighted by atomic mass is 16.7. The van der Waals surface area contributed by atoms with Gasteiger partial charge in [0.05, 0.1) is 11.2 Å². The van der Waals surface area contributed by atoms with Gasteiger partial charge in [-0.3, -0.25) is 0 Å². The molecule has 1 heterocycles. The van der Waals surface area contributed by atoms with Crippen molar-refractivity contribution in [3.63, 3.8) is 0 Å². The van der Waals surface area contributed by atoms with Crippen molar-refractivity contribution in [1.82, 2.24) is 0 Å². The first-order valence-electron chi connectivity index (χ1n) is 6.36. The molecule has 3 nitrogen and oxygen atoms in total. The van der Waals surface area contributed by atoms with Crippen LogP contribution in [-0.2, 0) is 9.31 Å². The number of nitrogens with zero attached hydrogens (tertiary/aromatic N) is 1. The summed E-state index contributed by atoms with van der Waals surface area (Å²) in [5.74, 6) is 0. The van der Waals surface area contributed by atoms with E-state index in [0.717, 1.165) is 11.2 Å². The van der Waals surface area contributed by atoms with Gasteiger partial charge in [-0.25, -0.2) is 0 Å². The second-order valence-corrected chi connectivity index (χ2v) is 6.08. The van der Waals surface area contributed by atoms with Crippen LogP contribution in [0.3, 0.4) is 0 Å². The molecule has 1 saturated heterocycles. The van der Waals surface area contributed by atoms with E-state index in [4.69, 9.17) is 9.31 Å². The highest BCUT2D eigenvalue weighted by Gasteiger charge is 2.51. The van der Waals surface area contributed by atoms with Crippen LogP contribution in [-0.4, -0.2) is 32.4 Å². The van der Waals surface area contributed by atoms with E-state index >= 15 is 0 Å². The van der Waals surface area contributed by atoms with E-state index in [2.05, 4.69) is 50.8 Å². The second-order valence-electron chi connectivity index (χ2n) is 6.08. The first-order valence-corrected chi connectivity index (χ1v) is 6.36. The molecule has 0 atom stereocenters. The Kier molecular flexibility index (Phi) is 3.20. The lowest BCUT2D eigenvalue weighted by Crippen LogP contribution is -2.41. The van der Waals surface area contributed by atoms with Gasteiger partial charge in [-0.15, -0.1) is 0 Å². The highest BCUT2D eigenvalue weighted by Crippen LogP contribution is 2.36. The lowest BCUT2D eigenvalue weighted by Gasteiger charge is -2.32. The summed E-state index contributed by atoms with van der Waals surface area (Å²) in [6.07, 6.45) is 0. The quantitative estimate of drug-likeness (QED) is 0.746. The molecule has 1 aromatic carbocycles. The average Bonchev–Trinajstić information content (AvgIpc) is 2.48. The van der Waals surface area contributed by atoms with Gasteiger partial charge in [0.1, 0.15) is 0 Å². The Morgan fingerprint density at radius 1 is 1.00 bits per heavy atom. The fourth-order valence-electron chi connectivity index (χ4n) is 1.93. The Morgan fingerprint density at radius 2 is 1.56 bits per heavy atom. The van der Waals surface area contributed by atoms with Crippen molar-refractivity contribution >= 4 is 18.3 Å². The second kappa shape index (κ2) is 4.28. The minimum absolute atomic E-state index is 0.283. The average molecular weight is 247 g/mol. The van der Waals surface area contributed by atoms with Crippen molar-refractivity contribution < 1.29 is 9.31 Å². The molecule has 1 fully saturated rings. The summed E-state index contributed by atoms with van der Waals surface area (Å²) < 4.78 is 12.1. The summed E-state index contributed by atoms with van der Waals surface area (Å²) in [4.78, 5) is 2.08. The third-order valence-corrected chi connectivity index (χ3v) is 3.91. The van der Waals surface area contributed by atoms with Gasteiger partial charge in [0.15, 0.2) is 0 Å². The van der Waals surface area contributed by atoms with Crippen molar-refractivity contribution in [3.8, 4) is 0 Å². The van der Waals surface area contributed by atoms with Crippen molar-refractivity contribution in [2.45, 2.75) is 38.9 Å². The van der Waals surface area contributed by atoms with Gasteiger partial charge < -0.3 is 14.2 Å². The minimum atomic E-state index is -0.286. The molecule has 0 aliphatic carbocycles. The lowest BCUT2D eigenvalue weighted by molar-refractivity contribution is 0.00578. The Bertz CT molecular complexity index is 427. The van der Waals surface area contributed by atoms with Crippen LogP contribution in [0, 0.1) is 0 Å². The molecule has 1 aliphatic heterocycles. The van der Waals surface area contributed by atoms with Crippen LogP contribution in [0.15, 0.2) is 24.3 Å². The Labute approximate surface area is 110 Å². The van der Waals surface area contributed by atoms with Crippen molar-refractivity contribution in [2.75, 3.05) is 19.0 Å². The summed E-state index contributed by atoms with van der Waals surface area (Å²) in [5.41, 5.74) is 1.65. The zero-order valence-corrected chi connectivity index (χ0v) is 12.2. The van der Waals surface area contributed by atoms with Crippen molar-refractivity contribution in [3.05, 3.63) is 24.3 Å². The number of rotatable bonds is 2. The molecular formula is C14H22BNO2. The van der Waals surface area contributed by atoms with E-state index in [1.807, 2.05) is 20.2 Å². The van der Waals surface area contributed by atoms with Gasteiger partial charge in [-0.2, -0.15) is 0 Å². The highest BCUT2D eigenvalue weighted by molar-refractivity contribution is 6.62. The van der Waals surface area contributed by atoms with Crippen LogP contribution in [0.2, 0.25) is 0 Å². The maximum absolute atomic E-state index is 6.04. The summed E-state index contributed by atoms with van der Waals surface area (Å²) in [6, 6.07) is 8.28. The van der Waals surface area contributed by atoms with Gasteiger partial charge in [0.25, 0.3) is 0 Å². The number of hydrogen-bond acceptors (Lipinski definition) is 3. The van der Waals surface area contributed by atoms with Gasteiger partial charge >= 0.3 is 7.12 Å². The molecule has 0 radical (unpaired) electrons. The smallest absolute Gasteiger partial charge is 0.399 e. The molecule has 0 aromatic heterocycles. The van der Waals surface area contributed by atoms with E-state index in [1.165, 1.54) is 0 Å². The Hall–Kier alpha value is -0.995. The number of benzene rings is 1. The van der Waals surface area contributed by atoms with Crippen LogP contribution in [0.5, 0.6) is 0 Å². The number of hydrogen-bond donors (Lipinski definition) is 0. The first kappa shape index (κ1) is 13.4. The molecule has 0 spiro atoms. The number of anilines is 1. The molecule has 1 aromatic rings. The minimum Gasteiger partial charge on any atom is -0.399 e. The predicted molar refractivity (Wildman–Crippen MR) is 76.5 cm³/mol. The van der Waals surface area contributed by atoms with Crippen LogP contribution in [0.1, 0.15) is 27.7 Å². The van der Waals surface area contributed by atoms with E-state index in [-0.39, 0.29) is 18.3 Å². The third kappa shape index (κ3) is 2.27. The van der Waals surface area contributed by atoms with Crippen LogP contribution >= 0.6 is 0 Å². The SMILES string of the molecule is CN(C)c1cccc(B2OC(C)(C)C(C)(C)O2)c1. The predicted octanol–water partition coefficient (Wildman–Crippen LogP) is 2.05. The summed E-state index contributed by atoms with van der Waals surface area (Å²) >= 11 is 0. The maximum atomic E-state index is 6.04. The van der Waals surface area contributed by atoms with E-state index in [1.54, 1.807) is 0 Å². The molecule has 0 N–H and O–H groups in total. The molecule has 2 rings (SSSR count). The van der Waals surface area contributed by atoms with Gasteiger partial charge in [-0.05, 0) is 45.3 Å². The van der Waals surface area contributed by atoms with Crippen LogP contribution in [0.25, 0.3) is 0 Å². The third-order valence-electron chi connectivity index (χ3n) is 3.91.